The van der Waals surface area contributed by atoms with Crippen LogP contribution in [0.5, 0.6) is 11.5 Å². The van der Waals surface area contributed by atoms with Gasteiger partial charge in [-0.15, -0.1) is 0 Å². The van der Waals surface area contributed by atoms with E-state index < -0.39 is 0 Å². The number of hydrogen-bond acceptors (Lipinski definition) is 4. The number of rotatable bonds is 0. The van der Waals surface area contributed by atoms with Crippen LogP contribution in [0.1, 0.15) is 0 Å². The Kier molecular flexibility index (Phi) is 4.00. The van der Waals surface area contributed by atoms with Crippen molar-refractivity contribution in [1.82, 2.24) is 0 Å². The van der Waals surface area contributed by atoms with Crippen LogP contribution >= 0.6 is 0 Å². The van der Waals surface area contributed by atoms with Crippen LogP contribution in [0.15, 0.2) is 48.5 Å². The molecule has 0 fully saturated rings. The summed E-state index contributed by atoms with van der Waals surface area (Å²) in [5, 5.41) is 7.24. The molecule has 0 N–H and O–H groups in total. The van der Waals surface area contributed by atoms with Gasteiger partial charge in [0.1, 0.15) is 13.2 Å². The molecule has 4 heteroatoms. The monoisotopic (exact) mass is 348 g/mol. The van der Waals surface area contributed by atoms with Crippen LogP contribution in [0.4, 0.5) is 0 Å². The highest BCUT2D eigenvalue weighted by atomic mass is 16.6. The summed E-state index contributed by atoms with van der Waals surface area (Å²) in [6.45, 7) is 3.20. The van der Waals surface area contributed by atoms with Crippen LogP contribution in [0.2, 0.25) is 0 Å². The summed E-state index contributed by atoms with van der Waals surface area (Å²) in [6, 6.07) is 17.1. The fourth-order valence-electron chi connectivity index (χ4n) is 3.75. The minimum Gasteiger partial charge on any atom is -0.487 e. The van der Waals surface area contributed by atoms with Crippen molar-refractivity contribution in [2.45, 2.75) is 0 Å². The average molecular weight is 348 g/mol. The Bertz CT molecular complexity index is 1040. The Labute approximate surface area is 151 Å². The first kappa shape index (κ1) is 15.7. The molecular formula is C22H20O4. The zero-order chi connectivity index (χ0) is 17.3. The molecule has 0 aromatic heterocycles. The second-order valence-corrected chi connectivity index (χ2v) is 6.48. The lowest BCUT2D eigenvalue weighted by molar-refractivity contribution is 0.0226. The maximum atomic E-state index is 6.13. The van der Waals surface area contributed by atoms with E-state index in [0.29, 0.717) is 39.6 Å². The van der Waals surface area contributed by atoms with Crippen molar-refractivity contribution in [3.05, 3.63) is 48.5 Å². The minimum atomic E-state index is 0.486. The lowest BCUT2D eigenvalue weighted by Crippen LogP contribution is -2.16. The van der Waals surface area contributed by atoms with Crippen molar-refractivity contribution in [2.75, 3.05) is 39.6 Å². The maximum absolute atomic E-state index is 6.13. The molecule has 5 rings (SSSR count). The van der Waals surface area contributed by atoms with E-state index in [2.05, 4.69) is 48.5 Å². The van der Waals surface area contributed by atoms with Crippen LogP contribution in [-0.2, 0) is 9.47 Å². The Morgan fingerprint density at radius 1 is 0.577 bits per heavy atom. The van der Waals surface area contributed by atoms with Gasteiger partial charge < -0.3 is 18.9 Å². The van der Waals surface area contributed by atoms with Gasteiger partial charge in [0, 0.05) is 10.8 Å². The highest BCUT2D eigenvalue weighted by Crippen LogP contribution is 2.43. The van der Waals surface area contributed by atoms with Crippen molar-refractivity contribution in [2.24, 2.45) is 0 Å². The largest absolute Gasteiger partial charge is 0.487 e. The van der Waals surface area contributed by atoms with Gasteiger partial charge in [-0.3, -0.25) is 0 Å². The smallest absolute Gasteiger partial charge is 0.169 e. The van der Waals surface area contributed by atoms with Crippen LogP contribution in [0, 0.1) is 0 Å². The predicted molar refractivity (Wildman–Crippen MR) is 103 cm³/mol. The Balaban J connectivity index is 1.73. The Hall–Kier alpha value is -2.56. The molecule has 132 valence electrons. The second kappa shape index (κ2) is 6.63. The van der Waals surface area contributed by atoms with Gasteiger partial charge in [0.2, 0.25) is 0 Å². The third-order valence-corrected chi connectivity index (χ3v) is 4.90. The van der Waals surface area contributed by atoms with Gasteiger partial charge >= 0.3 is 0 Å². The molecule has 0 atom stereocenters. The van der Waals surface area contributed by atoms with Crippen molar-refractivity contribution >= 4 is 32.3 Å². The van der Waals surface area contributed by atoms with E-state index in [1.165, 1.54) is 21.5 Å². The fourth-order valence-corrected chi connectivity index (χ4v) is 3.75. The molecule has 0 bridgehead atoms. The molecule has 0 amide bonds. The molecule has 0 unspecified atom stereocenters. The van der Waals surface area contributed by atoms with Crippen molar-refractivity contribution in [1.29, 1.82) is 0 Å². The van der Waals surface area contributed by atoms with E-state index in [1.54, 1.807) is 0 Å². The summed E-state index contributed by atoms with van der Waals surface area (Å²) < 4.78 is 23.2. The van der Waals surface area contributed by atoms with Crippen LogP contribution in [-0.4, -0.2) is 39.6 Å². The highest BCUT2D eigenvalue weighted by molar-refractivity contribution is 6.24. The van der Waals surface area contributed by atoms with Gasteiger partial charge in [-0.05, 0) is 33.7 Å². The van der Waals surface area contributed by atoms with Crippen molar-refractivity contribution in [3.8, 4) is 11.5 Å². The number of ether oxygens (including phenoxy) is 4. The van der Waals surface area contributed by atoms with Gasteiger partial charge in [0.05, 0.1) is 26.4 Å². The quantitative estimate of drug-likeness (QED) is 0.442. The topological polar surface area (TPSA) is 36.9 Å². The summed E-state index contributed by atoms with van der Waals surface area (Å²) in [7, 11) is 0. The van der Waals surface area contributed by atoms with Crippen LogP contribution in [0.25, 0.3) is 32.3 Å². The molecule has 0 saturated heterocycles. The summed E-state index contributed by atoms with van der Waals surface area (Å²) in [5.41, 5.74) is 0. The van der Waals surface area contributed by atoms with E-state index in [1.807, 2.05) is 0 Å². The normalized spacial score (nSPS) is 16.6. The summed E-state index contributed by atoms with van der Waals surface area (Å²) in [4.78, 5) is 0. The van der Waals surface area contributed by atoms with Crippen LogP contribution < -0.4 is 9.47 Å². The van der Waals surface area contributed by atoms with Gasteiger partial charge in [0.15, 0.2) is 11.5 Å². The molecular weight excluding hydrogens is 328 g/mol. The first-order valence-corrected chi connectivity index (χ1v) is 9.03. The standard InChI is InChI=1S/C22H20O4/c1-2-15-4-5-17-14-19-22(18-7-6-16(3-1)20(15)21(17)18)26-13-11-24-9-8-23-10-12-25-19/h1-7,14H,8-13H2. The van der Waals surface area contributed by atoms with E-state index in [4.69, 9.17) is 18.9 Å². The molecule has 4 nitrogen and oxygen atoms in total. The minimum absolute atomic E-state index is 0.486. The van der Waals surface area contributed by atoms with E-state index >= 15 is 0 Å². The molecule has 1 aliphatic heterocycles. The summed E-state index contributed by atoms with van der Waals surface area (Å²) in [5.74, 6) is 1.56. The lowest BCUT2D eigenvalue weighted by atomic mass is 9.93. The number of hydrogen-bond donors (Lipinski definition) is 0. The lowest BCUT2D eigenvalue weighted by Gasteiger charge is -2.19. The Morgan fingerprint density at radius 2 is 1.23 bits per heavy atom. The van der Waals surface area contributed by atoms with Gasteiger partial charge in [-0.1, -0.05) is 36.4 Å². The van der Waals surface area contributed by atoms with Gasteiger partial charge in [-0.2, -0.15) is 0 Å². The highest BCUT2D eigenvalue weighted by Gasteiger charge is 2.17. The van der Waals surface area contributed by atoms with E-state index in [-0.39, 0.29) is 0 Å². The molecule has 1 heterocycles. The van der Waals surface area contributed by atoms with E-state index in [9.17, 15) is 0 Å². The van der Waals surface area contributed by atoms with Crippen LogP contribution in [0.3, 0.4) is 0 Å². The molecule has 0 aliphatic carbocycles. The summed E-state index contributed by atoms with van der Waals surface area (Å²) >= 11 is 0. The zero-order valence-electron chi connectivity index (χ0n) is 14.5. The van der Waals surface area contributed by atoms with Gasteiger partial charge in [0.25, 0.3) is 0 Å². The first-order chi connectivity index (χ1) is 12.9. The molecule has 1 aliphatic rings. The molecule has 0 radical (unpaired) electrons. The van der Waals surface area contributed by atoms with Crippen molar-refractivity contribution < 1.29 is 18.9 Å². The Morgan fingerprint density at radius 3 is 2.04 bits per heavy atom. The average Bonchev–Trinajstić information content (AvgIpc) is 2.67. The van der Waals surface area contributed by atoms with E-state index in [0.717, 1.165) is 22.3 Å². The number of benzene rings is 4. The number of fused-ring (bicyclic) bond motifs is 2. The zero-order valence-corrected chi connectivity index (χ0v) is 14.5. The maximum Gasteiger partial charge on any atom is 0.169 e. The third kappa shape index (κ3) is 2.62. The molecule has 4 aromatic carbocycles. The SMILES string of the molecule is c1cc2ccc3cc4c(c5ccc(c1)c2c35)OCCOCCOCCO4. The van der Waals surface area contributed by atoms with Crippen molar-refractivity contribution in [3.63, 3.8) is 0 Å². The molecule has 4 aromatic rings. The molecule has 26 heavy (non-hydrogen) atoms. The summed E-state index contributed by atoms with van der Waals surface area (Å²) in [6.07, 6.45) is 0. The predicted octanol–water partition coefficient (Wildman–Crippen LogP) is 4.39. The van der Waals surface area contributed by atoms with Gasteiger partial charge in [-0.25, -0.2) is 0 Å². The molecule has 0 spiro atoms. The fraction of sp³-hybridized carbons (Fsp3) is 0.273. The third-order valence-electron chi connectivity index (χ3n) is 4.90. The molecule has 0 saturated carbocycles. The second-order valence-electron chi connectivity index (χ2n) is 6.48. The first-order valence-electron chi connectivity index (χ1n) is 9.03.